The van der Waals surface area contributed by atoms with Gasteiger partial charge in [-0.3, -0.25) is 14.7 Å². The fourth-order valence-corrected chi connectivity index (χ4v) is 3.80. The van der Waals surface area contributed by atoms with E-state index in [4.69, 9.17) is 0 Å². The van der Waals surface area contributed by atoms with E-state index >= 15 is 0 Å². The summed E-state index contributed by atoms with van der Waals surface area (Å²) in [5.41, 5.74) is 1.66. The van der Waals surface area contributed by atoms with E-state index in [-0.39, 0.29) is 17.9 Å². The quantitative estimate of drug-likeness (QED) is 0.745. The van der Waals surface area contributed by atoms with Crippen LogP contribution in [0.1, 0.15) is 16.8 Å². The number of nitrogens with zero attached hydrogens (tertiary/aromatic N) is 3. The number of anilines is 1. The number of aromatic nitrogens is 1. The highest BCUT2D eigenvalue weighted by Crippen LogP contribution is 2.38. The lowest BCUT2D eigenvalue weighted by Crippen LogP contribution is -2.51. The summed E-state index contributed by atoms with van der Waals surface area (Å²) < 4.78 is 52.6. The Hall–Kier alpha value is -2.48. The minimum atomic E-state index is -4.43. The van der Waals surface area contributed by atoms with Crippen LogP contribution in [0.3, 0.4) is 0 Å². The molecule has 1 saturated heterocycles. The molecule has 3 heterocycles. The molecule has 0 aliphatic carbocycles. The van der Waals surface area contributed by atoms with Crippen molar-refractivity contribution in [2.75, 3.05) is 31.1 Å². The van der Waals surface area contributed by atoms with Crippen molar-refractivity contribution in [3.63, 3.8) is 0 Å². The third-order valence-corrected chi connectivity index (χ3v) is 5.36. The van der Waals surface area contributed by atoms with Crippen molar-refractivity contribution in [3.8, 4) is 11.1 Å². The number of benzene rings is 1. The highest BCUT2D eigenvalue weighted by atomic mass is 19.4. The first-order valence-corrected chi connectivity index (χ1v) is 9.07. The summed E-state index contributed by atoms with van der Waals surface area (Å²) in [6.45, 7) is 3.14. The number of pyridine rings is 1. The van der Waals surface area contributed by atoms with Gasteiger partial charge in [0, 0.05) is 37.9 Å². The number of carbonyl (C=O) groups is 1. The van der Waals surface area contributed by atoms with Crippen LogP contribution in [-0.2, 0) is 17.4 Å². The average molecular weight is 393 g/mol. The maximum atomic E-state index is 13.2. The standard InChI is InChI=1S/C20H19F4N3O/c1-12-15(3-2-4-16(12)20(22,23)24)13-7-18-17(25-9-13)8-19(28)27(18)6-5-26-10-14(21)11-26/h2-4,7,9,14H,5-6,8,10-11H2,1H3. The number of alkyl halides is 4. The molecule has 148 valence electrons. The Balaban J connectivity index is 1.63. The topological polar surface area (TPSA) is 36.4 Å². The smallest absolute Gasteiger partial charge is 0.309 e. The molecule has 0 atom stereocenters. The Morgan fingerprint density at radius 2 is 1.96 bits per heavy atom. The van der Waals surface area contributed by atoms with E-state index in [1.165, 1.54) is 19.2 Å². The molecule has 4 rings (SSSR count). The molecule has 8 heteroatoms. The molecule has 0 radical (unpaired) electrons. The molecule has 0 unspecified atom stereocenters. The number of amides is 1. The summed E-state index contributed by atoms with van der Waals surface area (Å²) in [4.78, 5) is 20.2. The van der Waals surface area contributed by atoms with E-state index in [9.17, 15) is 22.4 Å². The highest BCUT2D eigenvalue weighted by Gasteiger charge is 2.34. The minimum absolute atomic E-state index is 0.0993. The van der Waals surface area contributed by atoms with Crippen LogP contribution in [0.2, 0.25) is 0 Å². The average Bonchev–Trinajstić information content (AvgIpc) is 2.91. The molecule has 2 aliphatic rings. The van der Waals surface area contributed by atoms with Crippen molar-refractivity contribution in [1.29, 1.82) is 0 Å². The summed E-state index contributed by atoms with van der Waals surface area (Å²) in [5, 5.41) is 0. The SMILES string of the molecule is Cc1c(-c2cnc3c(c2)N(CCN2CC(F)C2)C(=O)C3)cccc1C(F)(F)F. The van der Waals surface area contributed by atoms with Crippen molar-refractivity contribution < 1.29 is 22.4 Å². The van der Waals surface area contributed by atoms with E-state index in [1.54, 1.807) is 17.0 Å². The number of carbonyl (C=O) groups excluding carboxylic acids is 1. The summed E-state index contributed by atoms with van der Waals surface area (Å²) in [6.07, 6.45) is -3.55. The molecule has 0 spiro atoms. The second kappa shape index (κ2) is 6.84. The van der Waals surface area contributed by atoms with Crippen LogP contribution in [0.15, 0.2) is 30.5 Å². The Kier molecular flexibility index (Phi) is 4.61. The molecule has 1 fully saturated rings. The molecule has 0 saturated carbocycles. The first-order valence-electron chi connectivity index (χ1n) is 9.07. The molecule has 0 N–H and O–H groups in total. The number of fused-ring (bicyclic) bond motifs is 1. The summed E-state index contributed by atoms with van der Waals surface area (Å²) in [5.74, 6) is -0.0993. The van der Waals surface area contributed by atoms with Crippen LogP contribution >= 0.6 is 0 Å². The lowest BCUT2D eigenvalue weighted by atomic mass is 9.96. The van der Waals surface area contributed by atoms with Crippen molar-refractivity contribution in [2.45, 2.75) is 25.7 Å². The number of rotatable bonds is 4. The van der Waals surface area contributed by atoms with Crippen molar-refractivity contribution in [1.82, 2.24) is 9.88 Å². The van der Waals surface area contributed by atoms with Gasteiger partial charge in [-0.05, 0) is 30.2 Å². The predicted molar refractivity (Wildman–Crippen MR) is 96.8 cm³/mol. The number of hydrogen-bond acceptors (Lipinski definition) is 3. The van der Waals surface area contributed by atoms with E-state index in [1.807, 2.05) is 4.90 Å². The van der Waals surface area contributed by atoms with E-state index < -0.39 is 17.9 Å². The van der Waals surface area contributed by atoms with Gasteiger partial charge in [0.15, 0.2) is 0 Å². The second-order valence-corrected chi connectivity index (χ2v) is 7.24. The largest absolute Gasteiger partial charge is 0.416 e. The molecule has 1 amide bonds. The van der Waals surface area contributed by atoms with Gasteiger partial charge < -0.3 is 4.90 Å². The summed E-state index contributed by atoms with van der Waals surface area (Å²) in [7, 11) is 0. The highest BCUT2D eigenvalue weighted by molar-refractivity contribution is 6.01. The number of hydrogen-bond donors (Lipinski definition) is 0. The molecule has 2 aliphatic heterocycles. The van der Waals surface area contributed by atoms with Crippen LogP contribution in [0.4, 0.5) is 23.2 Å². The first-order chi connectivity index (χ1) is 13.2. The Morgan fingerprint density at radius 3 is 2.64 bits per heavy atom. The monoisotopic (exact) mass is 393 g/mol. The van der Waals surface area contributed by atoms with E-state index in [2.05, 4.69) is 4.98 Å². The Bertz CT molecular complexity index is 922. The Labute approximate surface area is 159 Å². The van der Waals surface area contributed by atoms with Gasteiger partial charge in [0.05, 0.1) is 23.4 Å². The van der Waals surface area contributed by atoms with Crippen molar-refractivity contribution >= 4 is 11.6 Å². The maximum absolute atomic E-state index is 13.2. The van der Waals surface area contributed by atoms with Gasteiger partial charge in [-0.15, -0.1) is 0 Å². The van der Waals surface area contributed by atoms with Gasteiger partial charge >= 0.3 is 6.18 Å². The number of likely N-dealkylation sites (tertiary alicyclic amines) is 1. The Morgan fingerprint density at radius 1 is 1.21 bits per heavy atom. The molecule has 1 aromatic heterocycles. The van der Waals surface area contributed by atoms with E-state index in [0.29, 0.717) is 48.7 Å². The van der Waals surface area contributed by atoms with E-state index in [0.717, 1.165) is 6.07 Å². The third kappa shape index (κ3) is 3.37. The second-order valence-electron chi connectivity index (χ2n) is 7.24. The van der Waals surface area contributed by atoms with Crippen LogP contribution < -0.4 is 4.90 Å². The maximum Gasteiger partial charge on any atom is 0.416 e. The van der Waals surface area contributed by atoms with Crippen molar-refractivity contribution in [2.24, 2.45) is 0 Å². The lowest BCUT2D eigenvalue weighted by Gasteiger charge is -2.35. The van der Waals surface area contributed by atoms with Gasteiger partial charge in [-0.1, -0.05) is 12.1 Å². The molecular weight excluding hydrogens is 374 g/mol. The first kappa shape index (κ1) is 18.9. The van der Waals surface area contributed by atoms with Gasteiger partial charge in [-0.2, -0.15) is 13.2 Å². The molecule has 4 nitrogen and oxygen atoms in total. The molecular formula is C20H19F4N3O. The van der Waals surface area contributed by atoms with Crippen molar-refractivity contribution in [3.05, 3.63) is 47.3 Å². The van der Waals surface area contributed by atoms with Crippen LogP contribution in [0.25, 0.3) is 11.1 Å². The zero-order chi connectivity index (χ0) is 20.1. The molecule has 1 aromatic carbocycles. The number of halogens is 4. The summed E-state index contributed by atoms with van der Waals surface area (Å²) in [6, 6.07) is 5.78. The molecule has 2 aromatic rings. The lowest BCUT2D eigenvalue weighted by molar-refractivity contribution is -0.138. The predicted octanol–water partition coefficient (Wildman–Crippen LogP) is 3.62. The van der Waals surface area contributed by atoms with Crippen LogP contribution in [0, 0.1) is 6.92 Å². The van der Waals surface area contributed by atoms with Gasteiger partial charge in [0.25, 0.3) is 0 Å². The molecule has 28 heavy (non-hydrogen) atoms. The third-order valence-electron chi connectivity index (χ3n) is 5.36. The van der Waals surface area contributed by atoms with Gasteiger partial charge in [-0.25, -0.2) is 4.39 Å². The summed E-state index contributed by atoms with van der Waals surface area (Å²) >= 11 is 0. The fraction of sp³-hybridized carbons (Fsp3) is 0.400. The zero-order valence-electron chi connectivity index (χ0n) is 15.3. The zero-order valence-corrected chi connectivity index (χ0v) is 15.3. The van der Waals surface area contributed by atoms with Gasteiger partial charge in [0.1, 0.15) is 6.17 Å². The van der Waals surface area contributed by atoms with Crippen LogP contribution in [-0.4, -0.2) is 48.1 Å². The minimum Gasteiger partial charge on any atom is -0.309 e. The fourth-order valence-electron chi connectivity index (χ4n) is 3.80. The normalized spacial score (nSPS) is 17.8. The van der Waals surface area contributed by atoms with Crippen LogP contribution in [0.5, 0.6) is 0 Å². The van der Waals surface area contributed by atoms with Gasteiger partial charge in [0.2, 0.25) is 5.91 Å². The molecule has 0 bridgehead atoms.